The van der Waals surface area contributed by atoms with Gasteiger partial charge in [-0.1, -0.05) is 0 Å². The van der Waals surface area contributed by atoms with E-state index in [1.807, 2.05) is 6.92 Å². The number of hydrogen-bond donors (Lipinski definition) is 2. The number of hydrogen-bond acceptors (Lipinski definition) is 3. The third kappa shape index (κ3) is 10.0. The van der Waals surface area contributed by atoms with Crippen molar-refractivity contribution < 1.29 is 9.53 Å². The van der Waals surface area contributed by atoms with E-state index >= 15 is 0 Å². The molecule has 0 radical (unpaired) electrons. The van der Waals surface area contributed by atoms with Crippen molar-refractivity contribution in [3.8, 4) is 0 Å². The number of carbonyl (C=O) groups excluding carboxylic acids is 1. The predicted molar refractivity (Wildman–Crippen MR) is 105 cm³/mol. The Labute approximate surface area is 157 Å². The molecule has 1 heterocycles. The quantitative estimate of drug-likeness (QED) is 0.249. The van der Waals surface area contributed by atoms with Crippen LogP contribution in [0.4, 0.5) is 0 Å². The van der Waals surface area contributed by atoms with Crippen molar-refractivity contribution >= 4 is 35.8 Å². The van der Waals surface area contributed by atoms with E-state index in [1.165, 1.54) is 0 Å². The number of halogens is 1. The highest BCUT2D eigenvalue weighted by Crippen LogP contribution is 2.19. The van der Waals surface area contributed by atoms with Crippen LogP contribution in [0, 0.1) is 5.92 Å². The fourth-order valence-electron chi connectivity index (χ4n) is 2.78. The number of nitrogens with two attached hydrogens (primary N) is 1. The molecule has 0 aliphatic carbocycles. The third-order valence-corrected chi connectivity index (χ3v) is 3.81. The summed E-state index contributed by atoms with van der Waals surface area (Å²) in [6, 6.07) is 0. The molecule has 0 spiro atoms. The molecule has 0 saturated carbocycles. The maximum atomic E-state index is 11.1. The highest BCUT2D eigenvalue weighted by atomic mass is 127. The molecule has 7 heteroatoms. The molecule has 1 atom stereocenters. The van der Waals surface area contributed by atoms with Crippen molar-refractivity contribution in [3.63, 3.8) is 0 Å². The van der Waals surface area contributed by atoms with Gasteiger partial charge in [0.25, 0.3) is 0 Å². The summed E-state index contributed by atoms with van der Waals surface area (Å²) in [7, 11) is 0. The lowest BCUT2D eigenvalue weighted by Crippen LogP contribution is -2.47. The van der Waals surface area contributed by atoms with Gasteiger partial charge in [-0.05, 0) is 45.4 Å². The van der Waals surface area contributed by atoms with E-state index in [0.29, 0.717) is 12.3 Å². The van der Waals surface area contributed by atoms with Crippen LogP contribution in [0.2, 0.25) is 0 Å². The third-order valence-electron chi connectivity index (χ3n) is 3.81. The number of nitrogens with one attached hydrogen (secondary N) is 1. The Morgan fingerprint density at radius 2 is 2.17 bits per heavy atom. The van der Waals surface area contributed by atoms with E-state index in [2.05, 4.69) is 17.1 Å². The average Bonchev–Trinajstić information content (AvgIpc) is 2.49. The summed E-state index contributed by atoms with van der Waals surface area (Å²) in [5.74, 6) is 1.12. The maximum Gasteiger partial charge on any atom is 0.217 e. The Kier molecular flexibility index (Phi) is 13.5. The van der Waals surface area contributed by atoms with E-state index in [1.54, 1.807) is 0 Å². The molecule has 1 aliphatic heterocycles. The predicted octanol–water partition coefficient (Wildman–Crippen LogP) is 1.97. The van der Waals surface area contributed by atoms with Gasteiger partial charge in [-0.2, -0.15) is 0 Å². The second-order valence-electron chi connectivity index (χ2n) is 5.76. The molecule has 23 heavy (non-hydrogen) atoms. The zero-order valence-electron chi connectivity index (χ0n) is 14.6. The van der Waals surface area contributed by atoms with Crippen LogP contribution in [0.1, 0.15) is 46.0 Å². The van der Waals surface area contributed by atoms with Gasteiger partial charge in [0.1, 0.15) is 0 Å². The zero-order valence-corrected chi connectivity index (χ0v) is 16.9. The lowest BCUT2D eigenvalue weighted by atomic mass is 9.95. The number of guanidine groups is 1. The Morgan fingerprint density at radius 1 is 1.39 bits per heavy atom. The highest BCUT2D eigenvalue weighted by Gasteiger charge is 2.23. The molecule has 1 unspecified atom stereocenters. The van der Waals surface area contributed by atoms with Gasteiger partial charge < -0.3 is 20.7 Å². The van der Waals surface area contributed by atoms with Crippen LogP contribution in [0.5, 0.6) is 0 Å². The molecule has 6 nitrogen and oxygen atoms in total. The smallest absolute Gasteiger partial charge is 0.217 e. The largest absolute Gasteiger partial charge is 0.382 e. The first-order valence-corrected chi connectivity index (χ1v) is 8.56. The van der Waals surface area contributed by atoms with Crippen LogP contribution in [-0.4, -0.2) is 56.2 Å². The van der Waals surface area contributed by atoms with Crippen molar-refractivity contribution in [3.05, 3.63) is 0 Å². The van der Waals surface area contributed by atoms with Crippen molar-refractivity contribution in [1.29, 1.82) is 0 Å². The first kappa shape index (κ1) is 22.4. The molecule has 1 saturated heterocycles. The number of piperidine rings is 1. The summed E-state index contributed by atoms with van der Waals surface area (Å²) in [4.78, 5) is 18.1. The summed E-state index contributed by atoms with van der Waals surface area (Å²) >= 11 is 0. The number of unbranched alkanes of at least 4 members (excludes halogenated alkanes) is 1. The van der Waals surface area contributed by atoms with E-state index in [4.69, 9.17) is 15.5 Å². The number of primary amides is 1. The standard InChI is InChI=1S/C16H32N4O2.HI/c1-3-18-16(19-9-5-6-11-22-4-2)20-10-7-8-14(13-20)12-15(17)21;/h14H,3-13H2,1-2H3,(H2,17,21)(H,18,19);1H. The summed E-state index contributed by atoms with van der Waals surface area (Å²) in [6.45, 7) is 9.22. The van der Waals surface area contributed by atoms with Gasteiger partial charge in [-0.3, -0.25) is 9.79 Å². The normalized spacial score (nSPS) is 18.4. The van der Waals surface area contributed by atoms with Crippen molar-refractivity contribution in [2.45, 2.75) is 46.0 Å². The molecule has 0 aromatic rings. The van der Waals surface area contributed by atoms with Crippen LogP contribution in [-0.2, 0) is 9.53 Å². The molecule has 0 aromatic carbocycles. The minimum absolute atomic E-state index is 0. The SMILES string of the molecule is CCNC(=NCCCCOCC)N1CCCC(CC(N)=O)C1.I. The lowest BCUT2D eigenvalue weighted by molar-refractivity contribution is -0.119. The van der Waals surface area contributed by atoms with Gasteiger partial charge in [-0.15, -0.1) is 24.0 Å². The first-order chi connectivity index (χ1) is 10.7. The van der Waals surface area contributed by atoms with E-state index in [9.17, 15) is 4.79 Å². The minimum Gasteiger partial charge on any atom is -0.382 e. The van der Waals surface area contributed by atoms with Crippen molar-refractivity contribution in [2.24, 2.45) is 16.6 Å². The first-order valence-electron chi connectivity index (χ1n) is 8.56. The topological polar surface area (TPSA) is 80.0 Å². The zero-order chi connectivity index (χ0) is 16.2. The van der Waals surface area contributed by atoms with Gasteiger partial charge in [0, 0.05) is 45.8 Å². The van der Waals surface area contributed by atoms with Crippen LogP contribution < -0.4 is 11.1 Å². The summed E-state index contributed by atoms with van der Waals surface area (Å²) in [5, 5.41) is 3.36. The molecule has 1 aliphatic rings. The number of nitrogens with zero attached hydrogens (tertiary/aromatic N) is 2. The van der Waals surface area contributed by atoms with Gasteiger partial charge in [-0.25, -0.2) is 0 Å². The molecule has 136 valence electrons. The second-order valence-corrected chi connectivity index (χ2v) is 5.76. The minimum atomic E-state index is -0.204. The molecule has 0 bridgehead atoms. The van der Waals surface area contributed by atoms with Crippen molar-refractivity contribution in [1.82, 2.24) is 10.2 Å². The Hall–Kier alpha value is -0.570. The van der Waals surface area contributed by atoms with Crippen LogP contribution >= 0.6 is 24.0 Å². The van der Waals surface area contributed by atoms with E-state index < -0.39 is 0 Å². The Balaban J connectivity index is 0.00000484. The number of amides is 1. The van der Waals surface area contributed by atoms with E-state index in [0.717, 1.165) is 71.0 Å². The number of ether oxygens (including phenoxy) is 1. The van der Waals surface area contributed by atoms with Crippen LogP contribution in [0.3, 0.4) is 0 Å². The lowest BCUT2D eigenvalue weighted by Gasteiger charge is -2.34. The number of rotatable bonds is 9. The van der Waals surface area contributed by atoms with E-state index in [-0.39, 0.29) is 29.9 Å². The number of carbonyl (C=O) groups is 1. The highest BCUT2D eigenvalue weighted by molar-refractivity contribution is 14.0. The van der Waals surface area contributed by atoms with Crippen LogP contribution in [0.15, 0.2) is 4.99 Å². The maximum absolute atomic E-state index is 11.1. The molecule has 1 rings (SSSR count). The van der Waals surface area contributed by atoms with Gasteiger partial charge in [0.05, 0.1) is 0 Å². The number of likely N-dealkylation sites (tertiary alicyclic amines) is 1. The summed E-state index contributed by atoms with van der Waals surface area (Å²) in [5.41, 5.74) is 5.33. The molecule has 1 amide bonds. The fourth-order valence-corrected chi connectivity index (χ4v) is 2.78. The summed E-state index contributed by atoms with van der Waals surface area (Å²) in [6.07, 6.45) is 4.72. The summed E-state index contributed by atoms with van der Waals surface area (Å²) < 4.78 is 5.34. The molecule has 1 fully saturated rings. The van der Waals surface area contributed by atoms with Gasteiger partial charge in [0.2, 0.25) is 5.91 Å². The fraction of sp³-hybridized carbons (Fsp3) is 0.875. The Morgan fingerprint density at radius 3 is 2.83 bits per heavy atom. The van der Waals surface area contributed by atoms with Gasteiger partial charge >= 0.3 is 0 Å². The monoisotopic (exact) mass is 440 g/mol. The van der Waals surface area contributed by atoms with Gasteiger partial charge in [0.15, 0.2) is 5.96 Å². The molecule has 0 aromatic heterocycles. The second kappa shape index (κ2) is 13.8. The molecular formula is C16H33IN4O2. The number of aliphatic imine (C=N–C) groups is 1. The van der Waals surface area contributed by atoms with Crippen molar-refractivity contribution in [2.75, 3.05) is 39.4 Å². The van der Waals surface area contributed by atoms with Crippen LogP contribution in [0.25, 0.3) is 0 Å². The average molecular weight is 440 g/mol. The Bertz CT molecular complexity index is 353. The molecule has 3 N–H and O–H groups in total. The molecular weight excluding hydrogens is 407 g/mol.